The van der Waals surface area contributed by atoms with Gasteiger partial charge in [-0.15, -0.1) is 10.2 Å². The average Bonchev–Trinajstić information content (AvgIpc) is 3.46. The molecular weight excluding hydrogens is 450 g/mol. The van der Waals surface area contributed by atoms with Crippen molar-refractivity contribution in [3.8, 4) is 17.1 Å². The number of aromatic nitrogens is 4. The number of rotatable bonds is 8. The van der Waals surface area contributed by atoms with Gasteiger partial charge in [0, 0.05) is 18.4 Å². The molecule has 0 bridgehead atoms. The highest BCUT2D eigenvalue weighted by atomic mass is 35.5. The number of hydrogen-bond donors (Lipinski definition) is 1. The van der Waals surface area contributed by atoms with Gasteiger partial charge in [-0.05, 0) is 56.2 Å². The van der Waals surface area contributed by atoms with Crippen LogP contribution in [-0.4, -0.2) is 50.7 Å². The van der Waals surface area contributed by atoms with Crippen LogP contribution >= 0.6 is 23.4 Å². The molecule has 1 amide bonds. The summed E-state index contributed by atoms with van der Waals surface area (Å²) < 4.78 is 13.1. The number of halogens is 1. The number of ether oxygens (including phenoxy) is 2. The van der Waals surface area contributed by atoms with Crippen molar-refractivity contribution >= 4 is 35.1 Å². The maximum Gasteiger partial charge on any atom is 0.238 e. The molecule has 0 spiro atoms. The largest absolute Gasteiger partial charge is 0.497 e. The quantitative estimate of drug-likeness (QED) is 0.487. The van der Waals surface area contributed by atoms with Crippen LogP contribution in [0.5, 0.6) is 5.75 Å². The molecule has 0 aliphatic carbocycles. The molecule has 2 atom stereocenters. The van der Waals surface area contributed by atoms with Gasteiger partial charge in [0.1, 0.15) is 11.6 Å². The van der Waals surface area contributed by atoms with Crippen LogP contribution in [-0.2, 0) is 16.1 Å². The lowest BCUT2D eigenvalue weighted by Crippen LogP contribution is -2.24. The van der Waals surface area contributed by atoms with Crippen LogP contribution in [0.2, 0.25) is 5.02 Å². The zero-order chi connectivity index (χ0) is 22.5. The molecule has 168 valence electrons. The topological polar surface area (TPSA) is 91.2 Å². The molecule has 1 aliphatic rings. The summed E-state index contributed by atoms with van der Waals surface area (Å²) in [5, 5.41) is 12.4. The predicted molar refractivity (Wildman–Crippen MR) is 124 cm³/mol. The van der Waals surface area contributed by atoms with Crippen LogP contribution in [0.25, 0.3) is 11.4 Å². The molecule has 1 aliphatic heterocycles. The number of nitrogens with one attached hydrogen (secondary N) is 1. The Bertz CT molecular complexity index is 1050. The first kappa shape index (κ1) is 22.6. The fraction of sp³-hybridized carbons (Fsp3) is 0.364. The van der Waals surface area contributed by atoms with Crippen molar-refractivity contribution in [2.75, 3.05) is 19.0 Å². The number of amides is 1. The van der Waals surface area contributed by atoms with E-state index in [4.69, 9.17) is 21.1 Å². The van der Waals surface area contributed by atoms with Gasteiger partial charge in [-0.2, -0.15) is 0 Å². The molecular formula is C22H24ClN5O3S. The van der Waals surface area contributed by atoms with E-state index in [-0.39, 0.29) is 12.0 Å². The highest BCUT2D eigenvalue weighted by Gasteiger charge is 2.25. The van der Waals surface area contributed by atoms with Gasteiger partial charge in [-0.3, -0.25) is 9.36 Å². The smallest absolute Gasteiger partial charge is 0.238 e. The van der Waals surface area contributed by atoms with Crippen LogP contribution in [0.4, 0.5) is 5.82 Å². The molecule has 1 aromatic carbocycles. The third-order valence-corrected chi connectivity index (χ3v) is 6.41. The van der Waals surface area contributed by atoms with E-state index >= 15 is 0 Å². The Morgan fingerprint density at radius 2 is 2.12 bits per heavy atom. The molecule has 0 saturated carbocycles. The molecule has 1 N–H and O–H groups in total. The van der Waals surface area contributed by atoms with E-state index in [9.17, 15) is 4.79 Å². The SMILES string of the molecule is COc1ccc(-c2nnc(S[C@@H](C)C(=O)Nc3ccc(Cl)cn3)n2C[C@H]2CCCO2)cc1. The molecule has 32 heavy (non-hydrogen) atoms. The van der Waals surface area contributed by atoms with E-state index < -0.39 is 5.25 Å². The third-order valence-electron chi connectivity index (χ3n) is 5.11. The predicted octanol–water partition coefficient (Wildman–Crippen LogP) is 4.30. The first-order valence-corrected chi connectivity index (χ1v) is 11.6. The van der Waals surface area contributed by atoms with E-state index in [0.717, 1.165) is 36.6 Å². The summed E-state index contributed by atoms with van der Waals surface area (Å²) in [6.45, 7) is 3.22. The van der Waals surface area contributed by atoms with E-state index in [1.54, 1.807) is 19.2 Å². The number of thioether (sulfide) groups is 1. The van der Waals surface area contributed by atoms with Gasteiger partial charge in [0.05, 0.1) is 30.0 Å². The minimum absolute atomic E-state index is 0.102. The summed E-state index contributed by atoms with van der Waals surface area (Å²) in [7, 11) is 1.63. The van der Waals surface area contributed by atoms with Crippen molar-refractivity contribution in [3.05, 3.63) is 47.6 Å². The molecule has 1 saturated heterocycles. The van der Waals surface area contributed by atoms with E-state index in [0.29, 0.717) is 22.5 Å². The van der Waals surface area contributed by atoms with E-state index in [2.05, 4.69) is 20.5 Å². The Labute approximate surface area is 195 Å². The van der Waals surface area contributed by atoms with Gasteiger partial charge in [0.15, 0.2) is 11.0 Å². The number of benzene rings is 1. The van der Waals surface area contributed by atoms with E-state index in [1.165, 1.54) is 18.0 Å². The second kappa shape index (κ2) is 10.3. The fourth-order valence-electron chi connectivity index (χ4n) is 3.38. The molecule has 2 aromatic heterocycles. The standard InChI is InChI=1S/C22H24ClN5O3S/c1-14(21(29)25-19-10-7-16(23)12-24-19)32-22-27-26-20(15-5-8-17(30-2)9-6-15)28(22)13-18-4-3-11-31-18/h5-10,12,14,18H,3-4,11,13H2,1-2H3,(H,24,25,29)/t14-,18+/m0/s1. The second-order valence-corrected chi connectivity index (χ2v) is 9.14. The van der Waals surface area contributed by atoms with Crippen LogP contribution < -0.4 is 10.1 Å². The third kappa shape index (κ3) is 5.40. The van der Waals surface area contributed by atoms with Crippen LogP contribution in [0.15, 0.2) is 47.8 Å². The molecule has 0 radical (unpaired) electrons. The lowest BCUT2D eigenvalue weighted by Gasteiger charge is -2.16. The Morgan fingerprint density at radius 3 is 2.78 bits per heavy atom. The molecule has 4 rings (SSSR count). The highest BCUT2D eigenvalue weighted by Crippen LogP contribution is 2.30. The average molecular weight is 474 g/mol. The molecule has 10 heteroatoms. The first-order valence-electron chi connectivity index (χ1n) is 10.3. The summed E-state index contributed by atoms with van der Waals surface area (Å²) >= 11 is 7.21. The molecule has 3 aromatic rings. The van der Waals surface area contributed by atoms with E-state index in [1.807, 2.05) is 35.8 Å². The summed E-state index contributed by atoms with van der Waals surface area (Å²) in [5.74, 6) is 1.78. The minimum Gasteiger partial charge on any atom is -0.497 e. The normalized spacial score (nSPS) is 16.7. The van der Waals surface area contributed by atoms with Crippen molar-refractivity contribution in [2.45, 2.75) is 42.8 Å². The minimum atomic E-state index is -0.413. The van der Waals surface area contributed by atoms with Crippen molar-refractivity contribution in [2.24, 2.45) is 0 Å². The van der Waals surface area contributed by atoms with Crippen molar-refractivity contribution in [3.63, 3.8) is 0 Å². The number of anilines is 1. The molecule has 1 fully saturated rings. The van der Waals surface area contributed by atoms with Gasteiger partial charge < -0.3 is 14.8 Å². The Kier molecular flexibility index (Phi) is 7.29. The van der Waals surface area contributed by atoms with Crippen molar-refractivity contribution in [1.29, 1.82) is 0 Å². The van der Waals surface area contributed by atoms with Crippen LogP contribution in [0.1, 0.15) is 19.8 Å². The monoisotopic (exact) mass is 473 g/mol. The van der Waals surface area contributed by atoms with Gasteiger partial charge in [-0.1, -0.05) is 23.4 Å². The highest BCUT2D eigenvalue weighted by molar-refractivity contribution is 8.00. The summed E-state index contributed by atoms with van der Waals surface area (Å²) in [6, 6.07) is 11.0. The number of methoxy groups -OCH3 is 1. The lowest BCUT2D eigenvalue weighted by atomic mass is 10.2. The fourth-order valence-corrected chi connectivity index (χ4v) is 4.35. The number of nitrogens with zero attached hydrogens (tertiary/aromatic N) is 4. The maximum atomic E-state index is 12.7. The van der Waals surface area contributed by atoms with Crippen molar-refractivity contribution in [1.82, 2.24) is 19.7 Å². The second-order valence-electron chi connectivity index (χ2n) is 7.39. The Balaban J connectivity index is 1.54. The van der Waals surface area contributed by atoms with Gasteiger partial charge in [-0.25, -0.2) is 4.98 Å². The molecule has 3 heterocycles. The number of hydrogen-bond acceptors (Lipinski definition) is 7. The molecule has 0 unspecified atom stereocenters. The summed E-state index contributed by atoms with van der Waals surface area (Å²) in [4.78, 5) is 16.8. The van der Waals surface area contributed by atoms with Crippen molar-refractivity contribution < 1.29 is 14.3 Å². The zero-order valence-corrected chi connectivity index (χ0v) is 19.4. The first-order chi connectivity index (χ1) is 15.5. The van der Waals surface area contributed by atoms with Gasteiger partial charge in [0.2, 0.25) is 5.91 Å². The summed E-state index contributed by atoms with van der Waals surface area (Å²) in [6.07, 6.45) is 3.63. The number of carbonyl (C=O) groups is 1. The van der Waals surface area contributed by atoms with Gasteiger partial charge >= 0.3 is 0 Å². The van der Waals surface area contributed by atoms with Gasteiger partial charge in [0.25, 0.3) is 0 Å². The summed E-state index contributed by atoms with van der Waals surface area (Å²) in [5.41, 5.74) is 0.922. The van der Waals surface area contributed by atoms with Crippen LogP contribution in [0.3, 0.4) is 0 Å². The van der Waals surface area contributed by atoms with Crippen LogP contribution in [0, 0.1) is 0 Å². The Morgan fingerprint density at radius 1 is 1.31 bits per heavy atom. The Hall–Kier alpha value is -2.62. The zero-order valence-electron chi connectivity index (χ0n) is 17.8. The number of pyridine rings is 1. The number of carbonyl (C=O) groups excluding carboxylic acids is 1. The molecule has 8 nitrogen and oxygen atoms in total. The maximum absolute atomic E-state index is 12.7. The lowest BCUT2D eigenvalue weighted by molar-refractivity contribution is -0.115.